The molecule has 0 saturated heterocycles. The van der Waals surface area contributed by atoms with Crippen LogP contribution < -0.4 is 5.56 Å². The van der Waals surface area contributed by atoms with Crippen LogP contribution in [0.4, 0.5) is 0 Å². The van der Waals surface area contributed by atoms with E-state index in [4.69, 9.17) is 0 Å². The predicted octanol–water partition coefficient (Wildman–Crippen LogP) is 0.723. The lowest BCUT2D eigenvalue weighted by Crippen LogP contribution is -2.36. The number of sulfonamides is 2. The maximum Gasteiger partial charge on any atom is 0.269 e. The Balaban J connectivity index is 1.89. The van der Waals surface area contributed by atoms with Crippen molar-refractivity contribution in [2.45, 2.75) is 30.2 Å². The molecule has 0 aliphatic carbocycles. The van der Waals surface area contributed by atoms with Gasteiger partial charge in [-0.2, -0.15) is 4.31 Å². The number of carbonyl (C=O) groups excluding carboxylic acids is 1. The van der Waals surface area contributed by atoms with E-state index in [2.05, 4.69) is 0 Å². The number of rotatable bonds is 7. The molecule has 156 valence electrons. The maximum atomic E-state index is 12.7. The van der Waals surface area contributed by atoms with E-state index in [1.54, 1.807) is 19.9 Å². The summed E-state index contributed by atoms with van der Waals surface area (Å²) in [6.45, 7) is 3.51. The van der Waals surface area contributed by atoms with E-state index in [1.165, 1.54) is 34.8 Å². The van der Waals surface area contributed by atoms with E-state index in [-0.39, 0.29) is 41.5 Å². The van der Waals surface area contributed by atoms with Gasteiger partial charge in [-0.25, -0.2) is 21.1 Å². The molecule has 0 saturated carbocycles. The van der Waals surface area contributed by atoms with E-state index < -0.39 is 31.5 Å². The molecule has 11 heteroatoms. The molecule has 1 aromatic carbocycles. The maximum absolute atomic E-state index is 12.7. The third-order valence-electron chi connectivity index (χ3n) is 4.76. The Kier molecular flexibility index (Phi) is 5.65. The molecule has 0 N–H and O–H groups in total. The zero-order valence-electron chi connectivity index (χ0n) is 16.0. The quantitative estimate of drug-likeness (QED) is 0.628. The lowest BCUT2D eigenvalue weighted by atomic mass is 10.2. The molecule has 3 rings (SSSR count). The average Bonchev–Trinajstić information content (AvgIpc) is 2.88. The van der Waals surface area contributed by atoms with Gasteiger partial charge in [-0.05, 0) is 18.2 Å². The Hall–Kier alpha value is -2.50. The Morgan fingerprint density at radius 2 is 1.62 bits per heavy atom. The number of hydrogen-bond acceptors (Lipinski definition) is 6. The summed E-state index contributed by atoms with van der Waals surface area (Å²) in [5.74, 6) is -0.666. The predicted molar refractivity (Wildman–Crippen MR) is 105 cm³/mol. The van der Waals surface area contributed by atoms with Crippen molar-refractivity contribution < 1.29 is 21.6 Å². The smallest absolute Gasteiger partial charge is 0.269 e. The van der Waals surface area contributed by atoms with Crippen molar-refractivity contribution >= 4 is 26.0 Å². The summed E-state index contributed by atoms with van der Waals surface area (Å²) < 4.78 is 53.6. The van der Waals surface area contributed by atoms with Gasteiger partial charge in [0, 0.05) is 31.9 Å². The van der Waals surface area contributed by atoms with Crippen molar-refractivity contribution in [3.63, 3.8) is 0 Å². The van der Waals surface area contributed by atoms with Gasteiger partial charge in [0.1, 0.15) is 4.90 Å². The van der Waals surface area contributed by atoms with Crippen molar-refractivity contribution in [2.75, 3.05) is 19.6 Å². The fourth-order valence-electron chi connectivity index (χ4n) is 3.20. The number of hydrogen-bond donors (Lipinski definition) is 0. The molecule has 1 aliphatic heterocycles. The molecular formula is C18H21N3O6S2. The topological polar surface area (TPSA) is 114 Å². The molecule has 1 aliphatic rings. The van der Waals surface area contributed by atoms with Crippen LogP contribution in [0.2, 0.25) is 0 Å². The standard InChI is InChI=1S/C18H21N3O6S2/c1-3-20(4-2)28(24,25)14-9-10-17(22)19(13-14)11-12-21-18(23)15-7-5-6-8-16(15)29(21,26)27/h5-10,13H,3-4,11-12H2,1-2H3. The third-order valence-corrected chi connectivity index (χ3v) is 8.63. The molecule has 0 bridgehead atoms. The van der Waals surface area contributed by atoms with E-state index in [1.807, 2.05) is 0 Å². The molecule has 0 fully saturated rings. The Bertz CT molecular complexity index is 1210. The van der Waals surface area contributed by atoms with Gasteiger partial charge < -0.3 is 4.57 Å². The first-order chi connectivity index (χ1) is 13.6. The molecule has 0 radical (unpaired) electrons. The van der Waals surface area contributed by atoms with Crippen LogP contribution in [0.25, 0.3) is 0 Å². The van der Waals surface area contributed by atoms with Crippen molar-refractivity contribution in [1.82, 2.24) is 13.2 Å². The summed E-state index contributed by atoms with van der Waals surface area (Å²) in [5, 5.41) is 0. The number of amides is 1. The van der Waals surface area contributed by atoms with Crippen molar-refractivity contribution in [2.24, 2.45) is 0 Å². The highest BCUT2D eigenvalue weighted by molar-refractivity contribution is 7.90. The van der Waals surface area contributed by atoms with E-state index in [0.29, 0.717) is 4.31 Å². The highest BCUT2D eigenvalue weighted by atomic mass is 32.2. The summed E-state index contributed by atoms with van der Waals surface area (Å²) in [4.78, 5) is 24.5. The van der Waals surface area contributed by atoms with Gasteiger partial charge in [-0.15, -0.1) is 0 Å². The zero-order chi connectivity index (χ0) is 21.4. The minimum absolute atomic E-state index is 0.0697. The normalized spacial score (nSPS) is 15.7. The van der Waals surface area contributed by atoms with Gasteiger partial charge in [0.05, 0.1) is 17.0 Å². The second kappa shape index (κ2) is 7.73. The fraction of sp³-hybridized carbons (Fsp3) is 0.333. The highest BCUT2D eigenvalue weighted by Gasteiger charge is 2.40. The molecule has 1 aromatic heterocycles. The molecule has 0 atom stereocenters. The lowest BCUT2D eigenvalue weighted by Gasteiger charge is -2.20. The van der Waals surface area contributed by atoms with Gasteiger partial charge in [0.2, 0.25) is 10.0 Å². The number of carbonyl (C=O) groups is 1. The summed E-state index contributed by atoms with van der Waals surface area (Å²) in [7, 11) is -7.78. The summed E-state index contributed by atoms with van der Waals surface area (Å²) in [6, 6.07) is 8.22. The second-order valence-electron chi connectivity index (χ2n) is 6.36. The second-order valence-corrected chi connectivity index (χ2v) is 10.1. The molecule has 1 amide bonds. The number of aromatic nitrogens is 1. The number of fused-ring (bicyclic) bond motifs is 1. The van der Waals surface area contributed by atoms with E-state index in [0.717, 1.165) is 10.6 Å². The average molecular weight is 440 g/mol. The van der Waals surface area contributed by atoms with Crippen LogP contribution >= 0.6 is 0 Å². The largest absolute Gasteiger partial charge is 0.312 e. The molecule has 2 aromatic rings. The summed E-state index contributed by atoms with van der Waals surface area (Å²) in [6.07, 6.45) is 1.18. The van der Waals surface area contributed by atoms with E-state index in [9.17, 15) is 26.4 Å². The summed E-state index contributed by atoms with van der Waals surface area (Å²) >= 11 is 0. The van der Waals surface area contributed by atoms with Crippen LogP contribution in [0, 0.1) is 0 Å². The first-order valence-corrected chi connectivity index (χ1v) is 11.9. The molecular weight excluding hydrogens is 418 g/mol. The van der Waals surface area contributed by atoms with Crippen LogP contribution in [-0.2, 0) is 26.6 Å². The van der Waals surface area contributed by atoms with Crippen LogP contribution in [0.3, 0.4) is 0 Å². The minimum atomic E-state index is -4.00. The number of nitrogens with zero attached hydrogens (tertiary/aromatic N) is 3. The molecule has 9 nitrogen and oxygen atoms in total. The highest BCUT2D eigenvalue weighted by Crippen LogP contribution is 2.29. The zero-order valence-corrected chi connectivity index (χ0v) is 17.6. The SMILES string of the molecule is CCN(CC)S(=O)(=O)c1ccc(=O)n(CCN2C(=O)c3ccccc3S2(=O)=O)c1. The van der Waals surface area contributed by atoms with Gasteiger partial charge in [-0.3, -0.25) is 9.59 Å². The van der Waals surface area contributed by atoms with Crippen molar-refractivity contribution in [3.8, 4) is 0 Å². The number of benzene rings is 1. The molecule has 29 heavy (non-hydrogen) atoms. The Morgan fingerprint density at radius 3 is 2.24 bits per heavy atom. The molecule has 2 heterocycles. The van der Waals surface area contributed by atoms with E-state index >= 15 is 0 Å². The first kappa shape index (κ1) is 21.2. The van der Waals surface area contributed by atoms with Crippen LogP contribution in [-0.4, -0.2) is 55.6 Å². The monoisotopic (exact) mass is 439 g/mol. The third kappa shape index (κ3) is 3.61. The first-order valence-electron chi connectivity index (χ1n) is 9.01. The van der Waals surface area contributed by atoms with Crippen molar-refractivity contribution in [1.29, 1.82) is 0 Å². The fourth-order valence-corrected chi connectivity index (χ4v) is 6.24. The Morgan fingerprint density at radius 1 is 0.966 bits per heavy atom. The molecule has 0 unspecified atom stereocenters. The van der Waals surface area contributed by atoms with Gasteiger partial charge in [0.25, 0.3) is 21.5 Å². The lowest BCUT2D eigenvalue weighted by molar-refractivity contribution is 0.0867. The Labute approximate surface area is 169 Å². The van der Waals surface area contributed by atoms with Gasteiger partial charge >= 0.3 is 0 Å². The van der Waals surface area contributed by atoms with Crippen LogP contribution in [0.15, 0.2) is 57.2 Å². The van der Waals surface area contributed by atoms with Crippen LogP contribution in [0.1, 0.15) is 24.2 Å². The number of pyridine rings is 1. The van der Waals surface area contributed by atoms with Crippen LogP contribution in [0.5, 0.6) is 0 Å². The van der Waals surface area contributed by atoms with Crippen molar-refractivity contribution in [3.05, 3.63) is 58.5 Å². The van der Waals surface area contributed by atoms with Gasteiger partial charge in [0.15, 0.2) is 0 Å². The molecule has 0 spiro atoms. The minimum Gasteiger partial charge on any atom is -0.312 e. The van der Waals surface area contributed by atoms with Gasteiger partial charge in [-0.1, -0.05) is 26.0 Å². The summed E-state index contributed by atoms with van der Waals surface area (Å²) in [5.41, 5.74) is -0.414.